The number of hydrogen-bond donors (Lipinski definition) is 0. The van der Waals surface area contributed by atoms with E-state index in [1.807, 2.05) is 31.2 Å². The number of rotatable bonds is 3. The van der Waals surface area contributed by atoms with Gasteiger partial charge in [-0.05, 0) is 28.4 Å². The summed E-state index contributed by atoms with van der Waals surface area (Å²) in [7, 11) is 1.77. The van der Waals surface area contributed by atoms with Crippen LogP contribution < -0.4 is 0 Å². The Kier molecular flexibility index (Phi) is 3.43. The molecule has 0 saturated heterocycles. The van der Waals surface area contributed by atoms with Gasteiger partial charge in [0.1, 0.15) is 5.69 Å². The van der Waals surface area contributed by atoms with Gasteiger partial charge in [0.15, 0.2) is 5.78 Å². The highest BCUT2D eigenvalue weighted by molar-refractivity contribution is 9.10. The number of halogens is 1. The monoisotopic (exact) mass is 292 g/mol. The second-order valence-corrected chi connectivity index (χ2v) is 4.91. The molecule has 0 atom stereocenters. The predicted octanol–water partition coefficient (Wildman–Crippen LogP) is 2.92. The maximum absolute atomic E-state index is 12.1. The van der Waals surface area contributed by atoms with Crippen molar-refractivity contribution in [1.29, 1.82) is 0 Å². The van der Waals surface area contributed by atoms with Crippen LogP contribution in [-0.4, -0.2) is 15.6 Å². The van der Waals surface area contributed by atoms with Gasteiger partial charge in [0, 0.05) is 13.5 Å². The number of hydrogen-bond acceptors (Lipinski definition) is 2. The van der Waals surface area contributed by atoms with Crippen molar-refractivity contribution in [1.82, 2.24) is 9.78 Å². The molecule has 1 aromatic carbocycles. The van der Waals surface area contributed by atoms with E-state index in [1.165, 1.54) is 5.56 Å². The fourth-order valence-electron chi connectivity index (χ4n) is 1.82. The topological polar surface area (TPSA) is 34.9 Å². The summed E-state index contributed by atoms with van der Waals surface area (Å²) in [6, 6.07) is 7.99. The van der Waals surface area contributed by atoms with Gasteiger partial charge >= 0.3 is 0 Å². The number of nitrogens with zero attached hydrogens (tertiary/aromatic N) is 2. The Morgan fingerprint density at radius 3 is 2.82 bits per heavy atom. The first-order valence-electron chi connectivity index (χ1n) is 5.34. The lowest BCUT2D eigenvalue weighted by atomic mass is 10.1. The van der Waals surface area contributed by atoms with Crippen molar-refractivity contribution in [2.45, 2.75) is 13.3 Å². The summed E-state index contributed by atoms with van der Waals surface area (Å²) < 4.78 is 2.35. The van der Waals surface area contributed by atoms with E-state index in [-0.39, 0.29) is 5.78 Å². The largest absolute Gasteiger partial charge is 0.292 e. The Labute approximate surface area is 109 Å². The van der Waals surface area contributed by atoms with Gasteiger partial charge in [-0.15, -0.1) is 0 Å². The van der Waals surface area contributed by atoms with E-state index in [9.17, 15) is 4.79 Å². The molecule has 0 bridgehead atoms. The van der Waals surface area contributed by atoms with Crippen LogP contribution in [0.4, 0.5) is 0 Å². The Morgan fingerprint density at radius 2 is 2.24 bits per heavy atom. The number of carbonyl (C=O) groups excluding carboxylic acids is 1. The van der Waals surface area contributed by atoms with Gasteiger partial charge in [0.25, 0.3) is 0 Å². The van der Waals surface area contributed by atoms with Crippen LogP contribution in [0.1, 0.15) is 21.6 Å². The first kappa shape index (κ1) is 12.0. The van der Waals surface area contributed by atoms with Crippen LogP contribution in [0, 0.1) is 6.92 Å². The molecular formula is C13H13BrN2O. The summed E-state index contributed by atoms with van der Waals surface area (Å²) in [6.45, 7) is 2.02. The zero-order valence-electron chi connectivity index (χ0n) is 9.77. The first-order chi connectivity index (χ1) is 8.08. The minimum Gasteiger partial charge on any atom is -0.292 e. The summed E-state index contributed by atoms with van der Waals surface area (Å²) in [6.07, 6.45) is 2.04. The second kappa shape index (κ2) is 4.84. The molecule has 0 aliphatic rings. The number of aryl methyl sites for hydroxylation is 2. The molecule has 0 aliphatic carbocycles. The Balaban J connectivity index is 2.23. The van der Waals surface area contributed by atoms with E-state index < -0.39 is 0 Å². The molecule has 2 rings (SSSR count). The van der Waals surface area contributed by atoms with Gasteiger partial charge in [-0.25, -0.2) is 0 Å². The molecule has 0 N–H and O–H groups in total. The highest BCUT2D eigenvalue weighted by Gasteiger charge is 2.15. The molecular weight excluding hydrogens is 280 g/mol. The number of carbonyl (C=O) groups is 1. The Morgan fingerprint density at radius 1 is 1.47 bits per heavy atom. The number of Topliss-reactive ketones (excluding diaryl/α,β-unsaturated/α-hetero) is 1. The van der Waals surface area contributed by atoms with Crippen LogP contribution in [0.15, 0.2) is 34.9 Å². The first-order valence-corrected chi connectivity index (χ1v) is 6.13. The maximum atomic E-state index is 12.1. The van der Waals surface area contributed by atoms with E-state index in [0.29, 0.717) is 12.1 Å². The van der Waals surface area contributed by atoms with Crippen LogP contribution in [0.3, 0.4) is 0 Å². The lowest BCUT2D eigenvalue weighted by Gasteiger charge is -2.03. The van der Waals surface area contributed by atoms with Crippen LogP contribution in [0.5, 0.6) is 0 Å². The molecule has 0 spiro atoms. The third-order valence-corrected chi connectivity index (χ3v) is 3.19. The van der Waals surface area contributed by atoms with E-state index in [0.717, 1.165) is 10.0 Å². The van der Waals surface area contributed by atoms with Crippen LogP contribution in [0.2, 0.25) is 0 Å². The van der Waals surface area contributed by atoms with Crippen molar-refractivity contribution in [2.75, 3.05) is 0 Å². The summed E-state index contributed by atoms with van der Waals surface area (Å²) in [5.41, 5.74) is 2.81. The van der Waals surface area contributed by atoms with Crippen molar-refractivity contribution in [3.05, 3.63) is 51.8 Å². The van der Waals surface area contributed by atoms with Crippen molar-refractivity contribution < 1.29 is 4.79 Å². The Bertz CT molecular complexity index is 541. The summed E-state index contributed by atoms with van der Waals surface area (Å²) >= 11 is 3.34. The van der Waals surface area contributed by atoms with E-state index in [1.54, 1.807) is 17.9 Å². The highest BCUT2D eigenvalue weighted by Crippen LogP contribution is 2.17. The van der Waals surface area contributed by atoms with Gasteiger partial charge in [-0.1, -0.05) is 29.8 Å². The smallest absolute Gasteiger partial charge is 0.186 e. The van der Waals surface area contributed by atoms with E-state index in [4.69, 9.17) is 0 Å². The number of aromatic nitrogens is 2. The lowest BCUT2D eigenvalue weighted by Crippen LogP contribution is -2.10. The molecule has 88 valence electrons. The fourth-order valence-corrected chi connectivity index (χ4v) is 2.38. The van der Waals surface area contributed by atoms with Gasteiger partial charge in [-0.3, -0.25) is 9.48 Å². The third kappa shape index (κ3) is 2.64. The zero-order chi connectivity index (χ0) is 12.4. The molecule has 1 heterocycles. The molecule has 0 fully saturated rings. The van der Waals surface area contributed by atoms with Crippen molar-refractivity contribution >= 4 is 21.7 Å². The molecule has 0 amide bonds. The summed E-state index contributed by atoms with van der Waals surface area (Å²) in [5.74, 6) is 0.0717. The lowest BCUT2D eigenvalue weighted by molar-refractivity contribution is 0.0983. The molecule has 4 heteroatoms. The predicted molar refractivity (Wildman–Crippen MR) is 70.1 cm³/mol. The quantitative estimate of drug-likeness (QED) is 0.816. The molecule has 0 aliphatic heterocycles. The minimum absolute atomic E-state index is 0.0717. The normalized spacial score (nSPS) is 10.5. The average Bonchev–Trinajstić information content (AvgIpc) is 2.58. The van der Waals surface area contributed by atoms with Gasteiger partial charge in [0.05, 0.1) is 10.7 Å². The van der Waals surface area contributed by atoms with Crippen molar-refractivity contribution in [3.8, 4) is 0 Å². The Hall–Kier alpha value is -1.42. The molecule has 0 radical (unpaired) electrons. The SMILES string of the molecule is Cc1cccc(CC(=O)c2c(Br)cnn2C)c1. The third-order valence-electron chi connectivity index (χ3n) is 2.61. The van der Waals surface area contributed by atoms with Gasteiger partial charge < -0.3 is 0 Å². The number of benzene rings is 1. The van der Waals surface area contributed by atoms with Crippen LogP contribution in [-0.2, 0) is 13.5 Å². The molecule has 1 aromatic heterocycles. The standard InChI is InChI=1S/C13H13BrN2O/c1-9-4-3-5-10(6-9)7-12(17)13-11(14)8-15-16(13)2/h3-6,8H,7H2,1-2H3. The zero-order valence-corrected chi connectivity index (χ0v) is 11.4. The number of ketones is 1. The van der Waals surface area contributed by atoms with Crippen LogP contribution >= 0.6 is 15.9 Å². The maximum Gasteiger partial charge on any atom is 0.186 e. The highest BCUT2D eigenvalue weighted by atomic mass is 79.9. The van der Waals surface area contributed by atoms with Crippen molar-refractivity contribution in [2.24, 2.45) is 7.05 Å². The summed E-state index contributed by atoms with van der Waals surface area (Å²) in [5, 5.41) is 4.05. The summed E-state index contributed by atoms with van der Waals surface area (Å²) in [4.78, 5) is 12.1. The molecule has 17 heavy (non-hydrogen) atoms. The van der Waals surface area contributed by atoms with Gasteiger partial charge in [0.2, 0.25) is 0 Å². The van der Waals surface area contributed by atoms with Gasteiger partial charge in [-0.2, -0.15) is 5.10 Å². The minimum atomic E-state index is 0.0717. The molecule has 0 saturated carbocycles. The fraction of sp³-hybridized carbons (Fsp3) is 0.231. The van der Waals surface area contributed by atoms with Crippen LogP contribution in [0.25, 0.3) is 0 Å². The molecule has 3 nitrogen and oxygen atoms in total. The van der Waals surface area contributed by atoms with E-state index >= 15 is 0 Å². The van der Waals surface area contributed by atoms with Crippen molar-refractivity contribution in [3.63, 3.8) is 0 Å². The second-order valence-electron chi connectivity index (χ2n) is 4.05. The average molecular weight is 293 g/mol. The van der Waals surface area contributed by atoms with E-state index in [2.05, 4.69) is 21.0 Å². The molecule has 0 unspecified atom stereocenters. The molecule has 2 aromatic rings.